The predicted molar refractivity (Wildman–Crippen MR) is 110 cm³/mol. The molecule has 1 heterocycles. The van der Waals surface area contributed by atoms with Gasteiger partial charge in [0.1, 0.15) is 11.5 Å². The quantitative estimate of drug-likeness (QED) is 0.505. The summed E-state index contributed by atoms with van der Waals surface area (Å²) in [5, 5.41) is 22.7. The second kappa shape index (κ2) is 7.49. The van der Waals surface area contributed by atoms with Gasteiger partial charge < -0.3 is 20.3 Å². The van der Waals surface area contributed by atoms with Crippen molar-refractivity contribution in [2.24, 2.45) is 0 Å². The van der Waals surface area contributed by atoms with Crippen molar-refractivity contribution in [1.29, 1.82) is 0 Å². The minimum absolute atomic E-state index is 0.0223. The lowest BCUT2D eigenvalue weighted by molar-refractivity contribution is -0.110. The number of nitrogens with one attached hydrogen (secondary N) is 1. The Balaban J connectivity index is 1.58. The molecule has 1 aliphatic carbocycles. The summed E-state index contributed by atoms with van der Waals surface area (Å²) in [5.41, 5.74) is 3.19. The van der Waals surface area contributed by atoms with Crippen LogP contribution in [0.4, 0.5) is 5.69 Å². The normalized spacial score (nSPS) is 23.2. The summed E-state index contributed by atoms with van der Waals surface area (Å²) in [5.74, 6) is 0.432. The summed E-state index contributed by atoms with van der Waals surface area (Å²) in [7, 11) is 0. The van der Waals surface area contributed by atoms with E-state index in [0.717, 1.165) is 42.6 Å². The van der Waals surface area contributed by atoms with E-state index in [-0.39, 0.29) is 29.4 Å². The topological polar surface area (TPSA) is 78.8 Å². The van der Waals surface area contributed by atoms with Crippen molar-refractivity contribution in [3.05, 3.63) is 52.7 Å². The fourth-order valence-electron chi connectivity index (χ4n) is 3.84. The van der Waals surface area contributed by atoms with Crippen LogP contribution in [0.15, 0.2) is 42.2 Å². The number of hydrogen-bond donors (Lipinski definition) is 3. The number of benzene rings is 2. The molecule has 2 aliphatic rings. The van der Waals surface area contributed by atoms with E-state index in [0.29, 0.717) is 16.3 Å². The first-order valence-electron chi connectivity index (χ1n) is 9.42. The molecule has 5 nitrogen and oxygen atoms in total. The molecule has 146 valence electrons. The molecule has 0 unspecified atom stereocenters. The fourth-order valence-corrected chi connectivity index (χ4v) is 4.11. The summed E-state index contributed by atoms with van der Waals surface area (Å²) in [6.45, 7) is 1.49. The van der Waals surface area contributed by atoms with E-state index in [1.165, 1.54) is 6.92 Å². The number of ether oxygens (including phenoxy) is 1. The molecule has 3 N–H and O–H groups in total. The summed E-state index contributed by atoms with van der Waals surface area (Å²) in [4.78, 5) is 12.1. The minimum atomic E-state index is -0.329. The third-order valence-electron chi connectivity index (χ3n) is 5.33. The van der Waals surface area contributed by atoms with Crippen LogP contribution in [0.1, 0.15) is 38.2 Å². The highest BCUT2D eigenvalue weighted by molar-refractivity contribution is 6.36. The first-order valence-corrected chi connectivity index (χ1v) is 9.80. The van der Waals surface area contributed by atoms with Crippen LogP contribution in [0.2, 0.25) is 5.02 Å². The van der Waals surface area contributed by atoms with Gasteiger partial charge in [0.05, 0.1) is 28.5 Å². The van der Waals surface area contributed by atoms with Crippen molar-refractivity contribution in [3.8, 4) is 16.9 Å². The second-order valence-corrected chi connectivity index (χ2v) is 7.77. The average molecular weight is 400 g/mol. The number of rotatable bonds is 3. The Kier molecular flexibility index (Phi) is 5.04. The van der Waals surface area contributed by atoms with Crippen LogP contribution < -0.4 is 10.1 Å². The molecular formula is C22H22ClNO4. The second-order valence-electron chi connectivity index (χ2n) is 7.36. The molecule has 0 bridgehead atoms. The van der Waals surface area contributed by atoms with E-state index in [1.807, 2.05) is 30.3 Å². The molecule has 28 heavy (non-hydrogen) atoms. The van der Waals surface area contributed by atoms with Gasteiger partial charge in [-0.05, 0) is 62.4 Å². The summed E-state index contributed by atoms with van der Waals surface area (Å²) in [6, 6.07) is 11.2. The Morgan fingerprint density at radius 1 is 1.11 bits per heavy atom. The summed E-state index contributed by atoms with van der Waals surface area (Å²) >= 11 is 6.44. The van der Waals surface area contributed by atoms with Crippen LogP contribution >= 0.6 is 11.6 Å². The lowest BCUT2D eigenvalue weighted by Crippen LogP contribution is -2.26. The van der Waals surface area contributed by atoms with Crippen molar-refractivity contribution >= 4 is 28.8 Å². The highest BCUT2D eigenvalue weighted by Gasteiger charge is 2.28. The fraction of sp³-hybridized carbons (Fsp3) is 0.318. The molecule has 0 atom stereocenters. The van der Waals surface area contributed by atoms with Gasteiger partial charge in [0.15, 0.2) is 0 Å². The Morgan fingerprint density at radius 3 is 2.43 bits per heavy atom. The van der Waals surface area contributed by atoms with Crippen LogP contribution in [0.5, 0.6) is 5.75 Å². The molecule has 0 saturated heterocycles. The molecule has 1 aliphatic heterocycles. The number of amides is 1. The number of aliphatic hydroxyl groups is 2. The molecule has 0 aromatic heterocycles. The molecule has 4 rings (SSSR count). The van der Waals surface area contributed by atoms with Gasteiger partial charge in [-0.1, -0.05) is 23.7 Å². The van der Waals surface area contributed by atoms with Crippen LogP contribution in [0.3, 0.4) is 0 Å². The van der Waals surface area contributed by atoms with E-state index < -0.39 is 0 Å². The van der Waals surface area contributed by atoms with Crippen molar-refractivity contribution in [2.75, 3.05) is 5.32 Å². The number of carbonyl (C=O) groups excluding carboxylic acids is 1. The Hall–Kier alpha value is -2.50. The molecule has 0 spiro atoms. The van der Waals surface area contributed by atoms with Crippen molar-refractivity contribution in [1.82, 2.24) is 0 Å². The standard InChI is InChI=1S/C22H22ClNO4/c1-12(25)21-18-10-17(19(23)11-20(18)24-22(21)27)13-2-6-15(7-3-13)28-16-8-4-14(26)5-9-16/h2-3,6-7,10-11,14,16,25-26H,4-5,8-9H2,1H3,(H,24,27)/b21-12+. The first kappa shape index (κ1) is 18.8. The number of fused-ring (bicyclic) bond motifs is 1. The van der Waals surface area contributed by atoms with E-state index in [2.05, 4.69) is 5.32 Å². The summed E-state index contributed by atoms with van der Waals surface area (Å²) in [6.07, 6.45) is 3.20. The smallest absolute Gasteiger partial charge is 0.259 e. The summed E-state index contributed by atoms with van der Waals surface area (Å²) < 4.78 is 6.02. The molecular weight excluding hydrogens is 378 g/mol. The zero-order chi connectivity index (χ0) is 19.8. The van der Waals surface area contributed by atoms with Gasteiger partial charge in [-0.3, -0.25) is 4.79 Å². The van der Waals surface area contributed by atoms with Crippen LogP contribution in [0.25, 0.3) is 16.7 Å². The highest BCUT2D eigenvalue weighted by Crippen LogP contribution is 2.40. The monoisotopic (exact) mass is 399 g/mol. The lowest BCUT2D eigenvalue weighted by atomic mass is 9.95. The number of anilines is 1. The average Bonchev–Trinajstić information content (AvgIpc) is 2.98. The SMILES string of the molecule is C/C(O)=C1\C(=O)Nc2cc(Cl)c(-c3ccc(OC4CCC(O)CC4)cc3)cc21. The number of allylic oxidation sites excluding steroid dienone is 1. The van der Waals surface area contributed by atoms with Gasteiger partial charge in [0.2, 0.25) is 0 Å². The Labute approximate surface area is 168 Å². The van der Waals surface area contributed by atoms with Crippen LogP contribution in [-0.4, -0.2) is 28.3 Å². The Bertz CT molecular complexity index is 940. The third-order valence-corrected chi connectivity index (χ3v) is 5.64. The molecule has 2 aromatic rings. The lowest BCUT2D eigenvalue weighted by Gasteiger charge is -2.26. The van der Waals surface area contributed by atoms with Gasteiger partial charge in [0.25, 0.3) is 5.91 Å². The van der Waals surface area contributed by atoms with E-state index in [4.69, 9.17) is 16.3 Å². The van der Waals surface area contributed by atoms with Gasteiger partial charge in [-0.25, -0.2) is 0 Å². The Morgan fingerprint density at radius 2 is 1.79 bits per heavy atom. The van der Waals surface area contributed by atoms with Crippen LogP contribution in [0, 0.1) is 0 Å². The predicted octanol–water partition coefficient (Wildman–Crippen LogP) is 4.93. The largest absolute Gasteiger partial charge is 0.512 e. The number of hydrogen-bond acceptors (Lipinski definition) is 4. The first-order chi connectivity index (χ1) is 13.4. The molecule has 2 aromatic carbocycles. The molecule has 1 saturated carbocycles. The van der Waals surface area contributed by atoms with Gasteiger partial charge >= 0.3 is 0 Å². The molecule has 1 fully saturated rings. The molecule has 0 radical (unpaired) electrons. The van der Waals surface area contributed by atoms with Crippen molar-refractivity contribution in [2.45, 2.75) is 44.8 Å². The van der Waals surface area contributed by atoms with E-state index >= 15 is 0 Å². The zero-order valence-electron chi connectivity index (χ0n) is 15.5. The maximum Gasteiger partial charge on any atom is 0.259 e. The van der Waals surface area contributed by atoms with Crippen molar-refractivity contribution in [3.63, 3.8) is 0 Å². The van der Waals surface area contributed by atoms with Gasteiger partial charge in [-0.2, -0.15) is 0 Å². The van der Waals surface area contributed by atoms with Crippen molar-refractivity contribution < 1.29 is 19.7 Å². The number of aliphatic hydroxyl groups excluding tert-OH is 2. The minimum Gasteiger partial charge on any atom is -0.512 e. The maximum absolute atomic E-state index is 12.1. The van der Waals surface area contributed by atoms with E-state index in [9.17, 15) is 15.0 Å². The molecule has 6 heteroatoms. The zero-order valence-corrected chi connectivity index (χ0v) is 16.3. The maximum atomic E-state index is 12.1. The third kappa shape index (κ3) is 3.60. The molecule has 1 amide bonds. The van der Waals surface area contributed by atoms with Gasteiger partial charge in [-0.15, -0.1) is 0 Å². The number of halogens is 1. The number of carbonyl (C=O) groups is 1. The van der Waals surface area contributed by atoms with E-state index in [1.54, 1.807) is 6.07 Å². The highest BCUT2D eigenvalue weighted by atomic mass is 35.5. The van der Waals surface area contributed by atoms with Crippen LogP contribution in [-0.2, 0) is 4.79 Å². The van der Waals surface area contributed by atoms with Gasteiger partial charge in [0, 0.05) is 11.1 Å².